The van der Waals surface area contributed by atoms with Gasteiger partial charge in [0.15, 0.2) is 0 Å². The minimum Gasteiger partial charge on any atom is -0.466 e. The van der Waals surface area contributed by atoms with E-state index in [2.05, 4.69) is 12.2 Å². The van der Waals surface area contributed by atoms with E-state index in [9.17, 15) is 18.4 Å². The molecule has 23 heavy (non-hydrogen) atoms. The van der Waals surface area contributed by atoms with Crippen LogP contribution in [0.2, 0.25) is 0 Å². The SMILES string of the molecule is CCCCCCCOC(=O)CCNC(=O)c1c(F)cccc1F. The number of hydrogen-bond donors (Lipinski definition) is 1. The lowest BCUT2D eigenvalue weighted by atomic mass is 10.2. The van der Waals surface area contributed by atoms with Gasteiger partial charge in [0.05, 0.1) is 13.0 Å². The zero-order valence-electron chi connectivity index (χ0n) is 13.4. The summed E-state index contributed by atoms with van der Waals surface area (Å²) in [5, 5.41) is 2.31. The van der Waals surface area contributed by atoms with Crippen LogP contribution in [0, 0.1) is 11.6 Å². The lowest BCUT2D eigenvalue weighted by Gasteiger charge is -2.07. The Morgan fingerprint density at radius 3 is 2.39 bits per heavy atom. The van der Waals surface area contributed by atoms with Gasteiger partial charge >= 0.3 is 5.97 Å². The number of carbonyl (C=O) groups is 2. The zero-order valence-corrected chi connectivity index (χ0v) is 13.4. The molecule has 1 amide bonds. The van der Waals surface area contributed by atoms with E-state index in [1.165, 1.54) is 12.5 Å². The monoisotopic (exact) mass is 327 g/mol. The van der Waals surface area contributed by atoms with E-state index in [1.54, 1.807) is 0 Å². The van der Waals surface area contributed by atoms with E-state index in [4.69, 9.17) is 4.74 Å². The van der Waals surface area contributed by atoms with E-state index >= 15 is 0 Å². The van der Waals surface area contributed by atoms with Gasteiger partial charge in [-0.25, -0.2) is 8.78 Å². The second-order valence-electron chi connectivity index (χ2n) is 5.24. The number of halogens is 2. The highest BCUT2D eigenvalue weighted by molar-refractivity contribution is 5.94. The van der Waals surface area contributed by atoms with E-state index in [1.807, 2.05) is 0 Å². The number of hydrogen-bond acceptors (Lipinski definition) is 3. The van der Waals surface area contributed by atoms with Crippen LogP contribution in [0.1, 0.15) is 55.8 Å². The molecule has 0 aromatic heterocycles. The number of esters is 1. The number of unbranched alkanes of at least 4 members (excludes halogenated alkanes) is 4. The molecule has 6 heteroatoms. The Morgan fingerprint density at radius 2 is 1.74 bits per heavy atom. The number of rotatable bonds is 10. The van der Waals surface area contributed by atoms with Crippen molar-refractivity contribution >= 4 is 11.9 Å². The molecule has 0 heterocycles. The predicted molar refractivity (Wildman–Crippen MR) is 83.0 cm³/mol. The van der Waals surface area contributed by atoms with Gasteiger partial charge in [0, 0.05) is 6.54 Å². The maximum atomic E-state index is 13.4. The summed E-state index contributed by atoms with van der Waals surface area (Å²) in [5.74, 6) is -3.18. The highest BCUT2D eigenvalue weighted by Gasteiger charge is 2.16. The first-order valence-electron chi connectivity index (χ1n) is 7.94. The molecule has 1 rings (SSSR count). The van der Waals surface area contributed by atoms with Crippen LogP contribution < -0.4 is 5.32 Å². The lowest BCUT2D eigenvalue weighted by Crippen LogP contribution is -2.28. The maximum Gasteiger partial charge on any atom is 0.307 e. The van der Waals surface area contributed by atoms with Gasteiger partial charge in [0.25, 0.3) is 5.91 Å². The molecule has 0 fully saturated rings. The van der Waals surface area contributed by atoms with Gasteiger partial charge < -0.3 is 10.1 Å². The fraction of sp³-hybridized carbons (Fsp3) is 0.529. The summed E-state index contributed by atoms with van der Waals surface area (Å²) in [4.78, 5) is 23.1. The minimum atomic E-state index is -0.933. The van der Waals surface area contributed by atoms with Crippen molar-refractivity contribution in [2.45, 2.75) is 45.4 Å². The summed E-state index contributed by atoms with van der Waals surface area (Å²) < 4.78 is 31.8. The van der Waals surface area contributed by atoms with Crippen molar-refractivity contribution in [3.8, 4) is 0 Å². The summed E-state index contributed by atoms with van der Waals surface area (Å²) in [6.45, 7) is 2.46. The van der Waals surface area contributed by atoms with Gasteiger partial charge in [-0.2, -0.15) is 0 Å². The molecule has 0 spiro atoms. The van der Waals surface area contributed by atoms with E-state index in [0.717, 1.165) is 37.8 Å². The van der Waals surface area contributed by atoms with Crippen LogP contribution in [0.3, 0.4) is 0 Å². The molecule has 0 aliphatic rings. The summed E-state index contributed by atoms with van der Waals surface area (Å²) in [7, 11) is 0. The third kappa shape index (κ3) is 7.21. The van der Waals surface area contributed by atoms with Gasteiger partial charge in [-0.3, -0.25) is 9.59 Å². The first kappa shape index (κ1) is 19.1. The molecular weight excluding hydrogens is 304 g/mol. The zero-order chi connectivity index (χ0) is 17.1. The maximum absolute atomic E-state index is 13.4. The molecule has 0 saturated carbocycles. The topological polar surface area (TPSA) is 55.4 Å². The average Bonchev–Trinajstić information content (AvgIpc) is 2.50. The number of ether oxygens (including phenoxy) is 1. The molecule has 0 saturated heterocycles. The molecule has 0 bridgehead atoms. The van der Waals surface area contributed by atoms with Crippen LogP contribution in [-0.4, -0.2) is 25.0 Å². The molecule has 4 nitrogen and oxygen atoms in total. The molecule has 0 aliphatic carbocycles. The number of amides is 1. The lowest BCUT2D eigenvalue weighted by molar-refractivity contribution is -0.143. The molecular formula is C17H23F2NO3. The number of carbonyl (C=O) groups excluding carboxylic acids is 2. The highest BCUT2D eigenvalue weighted by Crippen LogP contribution is 2.11. The van der Waals surface area contributed by atoms with E-state index in [-0.39, 0.29) is 13.0 Å². The number of nitrogens with one attached hydrogen (secondary N) is 1. The van der Waals surface area contributed by atoms with E-state index < -0.39 is 29.1 Å². The highest BCUT2D eigenvalue weighted by atomic mass is 19.1. The Morgan fingerprint density at radius 1 is 1.09 bits per heavy atom. The van der Waals surface area contributed by atoms with Crippen molar-refractivity contribution in [3.05, 3.63) is 35.4 Å². The second-order valence-corrected chi connectivity index (χ2v) is 5.24. The first-order chi connectivity index (χ1) is 11.1. The standard InChI is InChI=1S/C17H23F2NO3/c1-2-3-4-5-6-12-23-15(21)10-11-20-17(22)16-13(18)8-7-9-14(16)19/h7-9H,2-6,10-12H2,1H3,(H,20,22). The summed E-state index contributed by atoms with van der Waals surface area (Å²) in [6, 6.07) is 3.19. The first-order valence-corrected chi connectivity index (χ1v) is 7.94. The van der Waals surface area contributed by atoms with Crippen LogP contribution in [0.4, 0.5) is 8.78 Å². The summed E-state index contributed by atoms with van der Waals surface area (Å²) in [6.07, 6.45) is 5.26. The van der Waals surface area contributed by atoms with Crippen LogP contribution in [0.25, 0.3) is 0 Å². The van der Waals surface area contributed by atoms with Crippen molar-refractivity contribution < 1.29 is 23.1 Å². The third-order valence-corrected chi connectivity index (χ3v) is 3.32. The fourth-order valence-electron chi connectivity index (χ4n) is 2.05. The molecule has 0 aliphatic heterocycles. The second kappa shape index (κ2) is 10.7. The predicted octanol–water partition coefficient (Wildman–Crippen LogP) is 3.60. The Bertz CT molecular complexity index is 500. The van der Waals surface area contributed by atoms with Crippen LogP contribution in [0.5, 0.6) is 0 Å². The van der Waals surface area contributed by atoms with E-state index in [0.29, 0.717) is 6.61 Å². The average molecular weight is 327 g/mol. The molecule has 1 aromatic carbocycles. The van der Waals surface area contributed by atoms with Crippen molar-refractivity contribution in [1.29, 1.82) is 0 Å². The molecule has 0 radical (unpaired) electrons. The van der Waals surface area contributed by atoms with Crippen molar-refractivity contribution in [1.82, 2.24) is 5.32 Å². The molecule has 1 N–H and O–H groups in total. The molecule has 0 atom stereocenters. The van der Waals surface area contributed by atoms with Crippen molar-refractivity contribution in [2.75, 3.05) is 13.2 Å². The molecule has 1 aromatic rings. The Kier molecular flexibility index (Phi) is 8.87. The van der Waals surface area contributed by atoms with Crippen LogP contribution >= 0.6 is 0 Å². The fourth-order valence-corrected chi connectivity index (χ4v) is 2.05. The normalized spacial score (nSPS) is 10.4. The Hall–Kier alpha value is -1.98. The number of benzene rings is 1. The van der Waals surface area contributed by atoms with Gasteiger partial charge in [-0.05, 0) is 18.6 Å². The quantitative estimate of drug-likeness (QED) is 0.528. The van der Waals surface area contributed by atoms with Gasteiger partial charge in [0.1, 0.15) is 17.2 Å². The molecule has 128 valence electrons. The van der Waals surface area contributed by atoms with Crippen molar-refractivity contribution in [3.63, 3.8) is 0 Å². The smallest absolute Gasteiger partial charge is 0.307 e. The minimum absolute atomic E-state index is 0.0265. The van der Waals surface area contributed by atoms with Gasteiger partial charge in [0.2, 0.25) is 0 Å². The summed E-state index contributed by atoms with van der Waals surface area (Å²) >= 11 is 0. The molecule has 0 unspecified atom stereocenters. The van der Waals surface area contributed by atoms with Crippen LogP contribution in [-0.2, 0) is 9.53 Å². The largest absolute Gasteiger partial charge is 0.466 e. The third-order valence-electron chi connectivity index (χ3n) is 3.32. The van der Waals surface area contributed by atoms with Crippen LogP contribution in [0.15, 0.2) is 18.2 Å². The van der Waals surface area contributed by atoms with Gasteiger partial charge in [-0.1, -0.05) is 38.7 Å². The van der Waals surface area contributed by atoms with Crippen molar-refractivity contribution in [2.24, 2.45) is 0 Å². The Labute approximate surface area is 135 Å². The summed E-state index contributed by atoms with van der Waals surface area (Å²) in [5.41, 5.74) is -0.642. The van der Waals surface area contributed by atoms with Gasteiger partial charge in [-0.15, -0.1) is 0 Å². The Balaban J connectivity index is 2.21.